The molecule has 1 heterocycles. The Balaban J connectivity index is 1.64. The molecule has 2 N–H and O–H groups in total. The van der Waals surface area contributed by atoms with Crippen LogP contribution >= 0.6 is 11.3 Å². The monoisotopic (exact) mass is 389 g/mol. The highest BCUT2D eigenvalue weighted by Crippen LogP contribution is 2.27. The van der Waals surface area contributed by atoms with E-state index in [9.17, 15) is 13.6 Å². The van der Waals surface area contributed by atoms with Crippen LogP contribution in [-0.4, -0.2) is 17.6 Å². The highest BCUT2D eigenvalue weighted by Gasteiger charge is 2.13. The van der Waals surface area contributed by atoms with Gasteiger partial charge in [-0.15, -0.1) is 11.3 Å². The Morgan fingerprint density at radius 3 is 2.48 bits per heavy atom. The molecule has 3 rings (SSSR count). The number of urea groups is 1. The van der Waals surface area contributed by atoms with E-state index in [-0.39, 0.29) is 0 Å². The van der Waals surface area contributed by atoms with E-state index in [0.29, 0.717) is 17.4 Å². The lowest BCUT2D eigenvalue weighted by Crippen LogP contribution is -2.20. The summed E-state index contributed by atoms with van der Waals surface area (Å²) in [5.74, 6) is -0.925. The van der Waals surface area contributed by atoms with Crippen molar-refractivity contribution < 1.29 is 18.3 Å². The van der Waals surface area contributed by atoms with Crippen molar-refractivity contribution in [2.45, 2.75) is 13.3 Å². The van der Waals surface area contributed by atoms with Crippen molar-refractivity contribution in [3.63, 3.8) is 0 Å². The molecule has 0 unspecified atom stereocenters. The Labute approximate surface area is 159 Å². The lowest BCUT2D eigenvalue weighted by atomic mass is 10.2. The van der Waals surface area contributed by atoms with Gasteiger partial charge in [-0.1, -0.05) is 13.0 Å². The summed E-state index contributed by atoms with van der Waals surface area (Å²) in [6, 6.07) is 10.0. The highest BCUT2D eigenvalue weighted by molar-refractivity contribution is 7.14. The first kappa shape index (κ1) is 18.8. The minimum atomic E-state index is -0.852. The molecule has 0 aliphatic heterocycles. The molecule has 1 aromatic heterocycles. The van der Waals surface area contributed by atoms with E-state index in [1.54, 1.807) is 5.38 Å². The molecule has 3 aromatic rings. The molecular formula is C19H17F2N3O2S. The molecular weight excluding hydrogens is 372 g/mol. The van der Waals surface area contributed by atoms with Crippen molar-refractivity contribution >= 4 is 28.2 Å². The molecule has 0 saturated heterocycles. The summed E-state index contributed by atoms with van der Waals surface area (Å²) in [6.45, 7) is 2.69. The number of carbonyl (C=O) groups excluding carboxylic acids is 1. The van der Waals surface area contributed by atoms with Gasteiger partial charge in [0.2, 0.25) is 0 Å². The lowest BCUT2D eigenvalue weighted by molar-refractivity contribution is 0.262. The molecule has 0 aliphatic rings. The summed E-state index contributed by atoms with van der Waals surface area (Å²) in [6.07, 6.45) is 0.932. The third kappa shape index (κ3) is 4.79. The number of carbonyl (C=O) groups is 1. The van der Waals surface area contributed by atoms with E-state index in [1.165, 1.54) is 17.4 Å². The molecule has 140 valence electrons. The van der Waals surface area contributed by atoms with Gasteiger partial charge in [-0.2, -0.15) is 0 Å². The molecule has 2 amide bonds. The highest BCUT2D eigenvalue weighted by atomic mass is 32.1. The molecule has 0 bridgehead atoms. The summed E-state index contributed by atoms with van der Waals surface area (Å²) in [5.41, 5.74) is 1.03. The minimum absolute atomic E-state index is 0.311. The molecule has 0 spiro atoms. The maximum absolute atomic E-state index is 13.6. The van der Waals surface area contributed by atoms with Crippen LogP contribution in [0.1, 0.15) is 13.3 Å². The van der Waals surface area contributed by atoms with Crippen LogP contribution in [0.4, 0.5) is 24.4 Å². The van der Waals surface area contributed by atoms with Crippen LogP contribution < -0.4 is 15.4 Å². The molecule has 0 saturated carbocycles. The Bertz CT molecular complexity index is 909. The second-order valence-corrected chi connectivity index (χ2v) is 6.44. The largest absolute Gasteiger partial charge is 0.494 e. The lowest BCUT2D eigenvalue weighted by Gasteiger charge is -2.07. The van der Waals surface area contributed by atoms with Crippen LogP contribution in [0.15, 0.2) is 47.8 Å². The molecule has 0 atom stereocenters. The number of hydrogen-bond acceptors (Lipinski definition) is 4. The number of hydrogen-bond donors (Lipinski definition) is 2. The maximum Gasteiger partial charge on any atom is 0.325 e. The number of benzene rings is 2. The van der Waals surface area contributed by atoms with Crippen molar-refractivity contribution in [1.82, 2.24) is 4.98 Å². The number of aromatic nitrogens is 1. The predicted octanol–water partition coefficient (Wildman–Crippen LogP) is 5.52. The van der Waals surface area contributed by atoms with Gasteiger partial charge >= 0.3 is 6.03 Å². The number of amides is 2. The van der Waals surface area contributed by atoms with Crippen LogP contribution in [-0.2, 0) is 0 Å². The molecule has 0 radical (unpaired) electrons. The summed E-state index contributed by atoms with van der Waals surface area (Å²) >= 11 is 1.21. The van der Waals surface area contributed by atoms with Gasteiger partial charge in [0, 0.05) is 10.9 Å². The minimum Gasteiger partial charge on any atom is -0.494 e. The number of nitrogens with zero attached hydrogens (tertiary/aromatic N) is 1. The van der Waals surface area contributed by atoms with E-state index >= 15 is 0 Å². The second kappa shape index (κ2) is 8.59. The van der Waals surface area contributed by atoms with Crippen LogP contribution in [0.2, 0.25) is 0 Å². The maximum atomic E-state index is 13.6. The first-order valence-electron chi connectivity index (χ1n) is 8.27. The van der Waals surface area contributed by atoms with E-state index < -0.39 is 23.4 Å². The van der Waals surface area contributed by atoms with Crippen LogP contribution in [0.3, 0.4) is 0 Å². The SMILES string of the molecule is CCCOc1ccc(-c2csc(NC(=O)Nc3c(F)cccc3F)n2)cc1. The smallest absolute Gasteiger partial charge is 0.325 e. The quantitative estimate of drug-likeness (QED) is 0.583. The standard InChI is InChI=1S/C19H17F2N3O2S/c1-2-10-26-13-8-6-12(7-9-13)16-11-27-19(22-16)24-18(25)23-17-14(20)4-3-5-15(17)21/h3-9,11H,2,10H2,1H3,(H2,22,23,24,25). The summed E-state index contributed by atoms with van der Waals surface area (Å²) in [5, 5.41) is 6.72. The summed E-state index contributed by atoms with van der Waals surface area (Å²) in [7, 11) is 0. The average Bonchev–Trinajstić information content (AvgIpc) is 3.12. The van der Waals surface area contributed by atoms with Crippen LogP contribution in [0.5, 0.6) is 5.75 Å². The number of halogens is 2. The topological polar surface area (TPSA) is 63.2 Å². The number of anilines is 2. The predicted molar refractivity (Wildman–Crippen MR) is 102 cm³/mol. The van der Waals surface area contributed by atoms with Gasteiger partial charge < -0.3 is 10.1 Å². The van der Waals surface area contributed by atoms with E-state index in [4.69, 9.17) is 4.74 Å². The number of rotatable bonds is 6. The fraction of sp³-hybridized carbons (Fsp3) is 0.158. The molecule has 0 fully saturated rings. The summed E-state index contributed by atoms with van der Waals surface area (Å²) < 4.78 is 32.7. The first-order chi connectivity index (χ1) is 13.1. The molecule has 5 nitrogen and oxygen atoms in total. The first-order valence-corrected chi connectivity index (χ1v) is 9.15. The van der Waals surface area contributed by atoms with Crippen LogP contribution in [0, 0.1) is 11.6 Å². The second-order valence-electron chi connectivity index (χ2n) is 5.59. The Morgan fingerprint density at radius 2 is 1.81 bits per heavy atom. The Hall–Kier alpha value is -3.00. The van der Waals surface area contributed by atoms with Gasteiger partial charge in [0.05, 0.1) is 12.3 Å². The van der Waals surface area contributed by atoms with Gasteiger partial charge in [0.15, 0.2) is 5.13 Å². The van der Waals surface area contributed by atoms with Crippen molar-refractivity contribution in [1.29, 1.82) is 0 Å². The average molecular weight is 389 g/mol. The van der Waals surface area contributed by atoms with Crippen molar-refractivity contribution in [2.75, 3.05) is 17.2 Å². The number of ether oxygens (including phenoxy) is 1. The van der Waals surface area contributed by atoms with E-state index in [1.807, 2.05) is 31.2 Å². The number of thiazole rings is 1. The van der Waals surface area contributed by atoms with E-state index in [2.05, 4.69) is 15.6 Å². The molecule has 8 heteroatoms. The van der Waals surface area contributed by atoms with E-state index in [0.717, 1.165) is 29.9 Å². The third-order valence-electron chi connectivity index (χ3n) is 3.55. The molecule has 27 heavy (non-hydrogen) atoms. The van der Waals surface area contributed by atoms with Gasteiger partial charge in [-0.05, 0) is 42.8 Å². The van der Waals surface area contributed by atoms with Crippen molar-refractivity contribution in [3.05, 3.63) is 59.5 Å². The van der Waals surface area contributed by atoms with Gasteiger partial charge in [-0.3, -0.25) is 5.32 Å². The Morgan fingerprint density at radius 1 is 1.11 bits per heavy atom. The fourth-order valence-electron chi connectivity index (χ4n) is 2.26. The van der Waals surface area contributed by atoms with Crippen molar-refractivity contribution in [3.8, 4) is 17.0 Å². The number of para-hydroxylation sites is 1. The zero-order valence-electron chi connectivity index (χ0n) is 14.5. The normalized spacial score (nSPS) is 10.5. The van der Waals surface area contributed by atoms with Gasteiger partial charge in [0.1, 0.15) is 23.1 Å². The third-order valence-corrected chi connectivity index (χ3v) is 4.31. The van der Waals surface area contributed by atoms with Crippen LogP contribution in [0.25, 0.3) is 11.3 Å². The van der Waals surface area contributed by atoms with Gasteiger partial charge in [-0.25, -0.2) is 18.6 Å². The zero-order valence-corrected chi connectivity index (χ0v) is 15.3. The Kier molecular flexibility index (Phi) is 5.97. The molecule has 2 aromatic carbocycles. The van der Waals surface area contributed by atoms with Crippen molar-refractivity contribution in [2.24, 2.45) is 0 Å². The zero-order chi connectivity index (χ0) is 19.2. The fourth-order valence-corrected chi connectivity index (χ4v) is 2.98. The van der Waals surface area contributed by atoms with Gasteiger partial charge in [0.25, 0.3) is 0 Å². The summed E-state index contributed by atoms with van der Waals surface area (Å²) in [4.78, 5) is 16.3. The molecule has 0 aliphatic carbocycles. The number of nitrogens with one attached hydrogen (secondary N) is 2.